The summed E-state index contributed by atoms with van der Waals surface area (Å²) in [6.45, 7) is 0. The number of carbonyl (C=O) groups is 1. The van der Waals surface area contributed by atoms with E-state index in [0.717, 1.165) is 25.7 Å². The number of ketones is 1. The topological polar surface area (TPSA) is 43.1 Å². The van der Waals surface area contributed by atoms with E-state index in [1.54, 1.807) is 0 Å². The molecular weight excluding hydrogens is 150 g/mol. The lowest BCUT2D eigenvalue weighted by atomic mass is 9.96. The average molecular weight is 167 g/mol. The van der Waals surface area contributed by atoms with E-state index in [-0.39, 0.29) is 5.54 Å². The number of rotatable bonds is 3. The van der Waals surface area contributed by atoms with Crippen LogP contribution in [0.15, 0.2) is 0 Å². The SMILES string of the molecule is NC1(CC(=O)C2CCCC2)CC1. The van der Waals surface area contributed by atoms with E-state index in [9.17, 15) is 4.79 Å². The molecule has 2 saturated carbocycles. The molecule has 68 valence electrons. The predicted molar refractivity (Wildman–Crippen MR) is 47.7 cm³/mol. The summed E-state index contributed by atoms with van der Waals surface area (Å²) in [6.07, 6.45) is 7.50. The quantitative estimate of drug-likeness (QED) is 0.694. The van der Waals surface area contributed by atoms with Crippen molar-refractivity contribution in [3.05, 3.63) is 0 Å². The van der Waals surface area contributed by atoms with E-state index in [1.807, 2.05) is 0 Å². The summed E-state index contributed by atoms with van der Waals surface area (Å²) in [5, 5.41) is 0. The van der Waals surface area contributed by atoms with Crippen LogP contribution in [0.4, 0.5) is 0 Å². The minimum Gasteiger partial charge on any atom is -0.325 e. The fraction of sp³-hybridized carbons (Fsp3) is 0.900. The Morgan fingerprint density at radius 2 is 1.92 bits per heavy atom. The molecule has 0 aromatic rings. The van der Waals surface area contributed by atoms with Crippen LogP contribution in [0, 0.1) is 5.92 Å². The Balaban J connectivity index is 1.83. The van der Waals surface area contributed by atoms with E-state index in [2.05, 4.69) is 0 Å². The molecular formula is C10H17NO. The fourth-order valence-corrected chi connectivity index (χ4v) is 2.08. The van der Waals surface area contributed by atoms with Crippen molar-refractivity contribution in [1.82, 2.24) is 0 Å². The summed E-state index contributed by atoms with van der Waals surface area (Å²) >= 11 is 0. The number of nitrogens with two attached hydrogens (primary N) is 1. The number of hydrogen-bond acceptors (Lipinski definition) is 2. The van der Waals surface area contributed by atoms with Gasteiger partial charge in [0.15, 0.2) is 0 Å². The van der Waals surface area contributed by atoms with Crippen molar-refractivity contribution in [2.75, 3.05) is 0 Å². The van der Waals surface area contributed by atoms with Gasteiger partial charge in [0, 0.05) is 17.9 Å². The highest BCUT2D eigenvalue weighted by molar-refractivity contribution is 5.82. The van der Waals surface area contributed by atoms with E-state index in [4.69, 9.17) is 5.73 Å². The van der Waals surface area contributed by atoms with Crippen molar-refractivity contribution in [3.8, 4) is 0 Å². The van der Waals surface area contributed by atoms with Gasteiger partial charge in [-0.25, -0.2) is 0 Å². The molecule has 0 bridgehead atoms. The minimum absolute atomic E-state index is 0.0698. The van der Waals surface area contributed by atoms with Crippen molar-refractivity contribution < 1.29 is 4.79 Å². The Kier molecular flexibility index (Phi) is 1.95. The third kappa shape index (κ3) is 1.69. The number of hydrogen-bond donors (Lipinski definition) is 1. The van der Waals surface area contributed by atoms with Crippen LogP contribution in [0.2, 0.25) is 0 Å². The molecule has 0 saturated heterocycles. The van der Waals surface area contributed by atoms with Gasteiger partial charge in [-0.05, 0) is 25.7 Å². The van der Waals surface area contributed by atoms with Gasteiger partial charge in [0.2, 0.25) is 0 Å². The highest BCUT2D eigenvalue weighted by Crippen LogP contribution is 2.38. The monoisotopic (exact) mass is 167 g/mol. The van der Waals surface area contributed by atoms with Crippen LogP contribution in [-0.2, 0) is 4.79 Å². The maximum Gasteiger partial charge on any atom is 0.137 e. The zero-order chi connectivity index (χ0) is 8.60. The molecule has 2 rings (SSSR count). The van der Waals surface area contributed by atoms with E-state index >= 15 is 0 Å². The van der Waals surface area contributed by atoms with Crippen LogP contribution in [0.25, 0.3) is 0 Å². The smallest absolute Gasteiger partial charge is 0.137 e. The first-order valence-corrected chi connectivity index (χ1v) is 5.01. The molecule has 12 heavy (non-hydrogen) atoms. The zero-order valence-electron chi connectivity index (χ0n) is 7.51. The van der Waals surface area contributed by atoms with Crippen LogP contribution in [-0.4, -0.2) is 11.3 Å². The summed E-state index contributed by atoms with van der Waals surface area (Å²) in [7, 11) is 0. The molecule has 2 aliphatic rings. The Bertz CT molecular complexity index is 190. The second kappa shape index (κ2) is 2.84. The fourth-order valence-electron chi connectivity index (χ4n) is 2.08. The molecule has 0 radical (unpaired) electrons. The van der Waals surface area contributed by atoms with Crippen LogP contribution in [0.1, 0.15) is 44.9 Å². The Labute approximate surface area is 73.5 Å². The normalized spacial score (nSPS) is 27.4. The second-order valence-corrected chi connectivity index (χ2v) is 4.49. The van der Waals surface area contributed by atoms with Gasteiger partial charge < -0.3 is 5.73 Å². The first-order chi connectivity index (χ1) is 5.70. The number of carbonyl (C=O) groups excluding carboxylic acids is 1. The zero-order valence-corrected chi connectivity index (χ0v) is 7.51. The third-order valence-electron chi connectivity index (χ3n) is 3.23. The number of Topliss-reactive ketones (excluding diaryl/α,β-unsaturated/α-hetero) is 1. The molecule has 0 unspecified atom stereocenters. The first-order valence-electron chi connectivity index (χ1n) is 5.01. The Hall–Kier alpha value is -0.370. The van der Waals surface area contributed by atoms with Crippen molar-refractivity contribution >= 4 is 5.78 Å². The lowest BCUT2D eigenvalue weighted by Gasteiger charge is -2.11. The summed E-state index contributed by atoms with van der Waals surface area (Å²) in [6, 6.07) is 0. The van der Waals surface area contributed by atoms with Crippen LogP contribution >= 0.6 is 0 Å². The predicted octanol–water partition coefficient (Wildman–Crippen LogP) is 1.63. The minimum atomic E-state index is -0.0698. The summed E-state index contributed by atoms with van der Waals surface area (Å²) in [4.78, 5) is 11.6. The molecule has 0 spiro atoms. The summed E-state index contributed by atoms with van der Waals surface area (Å²) in [5.41, 5.74) is 5.82. The maximum absolute atomic E-state index is 11.6. The highest BCUT2D eigenvalue weighted by Gasteiger charge is 2.41. The lowest BCUT2D eigenvalue weighted by Crippen LogP contribution is -2.28. The molecule has 2 aliphatic carbocycles. The second-order valence-electron chi connectivity index (χ2n) is 4.49. The van der Waals surface area contributed by atoms with Gasteiger partial charge in [-0.2, -0.15) is 0 Å². The first kappa shape index (κ1) is 8.24. The third-order valence-corrected chi connectivity index (χ3v) is 3.23. The molecule has 2 heteroatoms. The molecule has 0 heterocycles. The van der Waals surface area contributed by atoms with Crippen LogP contribution < -0.4 is 5.73 Å². The van der Waals surface area contributed by atoms with Crippen molar-refractivity contribution in [2.45, 2.75) is 50.5 Å². The molecule has 0 aromatic carbocycles. The molecule has 2 nitrogen and oxygen atoms in total. The molecule has 0 aliphatic heterocycles. The van der Waals surface area contributed by atoms with Gasteiger partial charge in [0.25, 0.3) is 0 Å². The van der Waals surface area contributed by atoms with E-state index in [1.165, 1.54) is 12.8 Å². The van der Waals surface area contributed by atoms with Crippen molar-refractivity contribution in [3.63, 3.8) is 0 Å². The summed E-state index contributed by atoms with van der Waals surface area (Å²) < 4.78 is 0. The molecule has 0 atom stereocenters. The van der Waals surface area contributed by atoms with Crippen LogP contribution in [0.3, 0.4) is 0 Å². The van der Waals surface area contributed by atoms with Gasteiger partial charge in [0.05, 0.1) is 0 Å². The van der Waals surface area contributed by atoms with Crippen LogP contribution in [0.5, 0.6) is 0 Å². The van der Waals surface area contributed by atoms with Gasteiger partial charge in [-0.15, -0.1) is 0 Å². The van der Waals surface area contributed by atoms with Gasteiger partial charge in [-0.1, -0.05) is 12.8 Å². The van der Waals surface area contributed by atoms with Gasteiger partial charge in [0.1, 0.15) is 5.78 Å². The molecule has 0 aromatic heterocycles. The van der Waals surface area contributed by atoms with Crippen molar-refractivity contribution in [2.24, 2.45) is 11.7 Å². The maximum atomic E-state index is 11.6. The lowest BCUT2D eigenvalue weighted by molar-refractivity contribution is -0.123. The van der Waals surface area contributed by atoms with Gasteiger partial charge >= 0.3 is 0 Å². The molecule has 0 amide bonds. The Morgan fingerprint density at radius 1 is 1.33 bits per heavy atom. The highest BCUT2D eigenvalue weighted by atomic mass is 16.1. The Morgan fingerprint density at radius 3 is 2.42 bits per heavy atom. The molecule has 2 N–H and O–H groups in total. The van der Waals surface area contributed by atoms with Gasteiger partial charge in [-0.3, -0.25) is 4.79 Å². The largest absolute Gasteiger partial charge is 0.325 e. The summed E-state index contributed by atoms with van der Waals surface area (Å²) in [5.74, 6) is 0.804. The standard InChI is InChI=1S/C10H17NO/c11-10(5-6-10)7-9(12)8-3-1-2-4-8/h8H,1-7,11H2. The van der Waals surface area contributed by atoms with Crippen molar-refractivity contribution in [1.29, 1.82) is 0 Å². The molecule has 2 fully saturated rings. The van der Waals surface area contributed by atoms with E-state index in [0.29, 0.717) is 18.1 Å². The van der Waals surface area contributed by atoms with E-state index < -0.39 is 0 Å². The average Bonchev–Trinajstić information content (AvgIpc) is 2.55.